The highest BCUT2D eigenvalue weighted by molar-refractivity contribution is 6.65. The highest BCUT2D eigenvalue weighted by Gasteiger charge is 2.45. The molecule has 3 aliphatic rings. The molecule has 0 amide bonds. The molecule has 7 heteroatoms. The molecule has 0 N–H and O–H groups in total. The Labute approximate surface area is 198 Å². The van der Waals surface area contributed by atoms with Gasteiger partial charge in [0.2, 0.25) is 0 Å². The van der Waals surface area contributed by atoms with Crippen molar-refractivity contribution in [2.45, 2.75) is 19.3 Å². The molecule has 0 fully saturated rings. The third-order valence-corrected chi connectivity index (χ3v) is 6.78. The normalized spacial score (nSPS) is 16.1. The average molecular weight is 446 g/mol. The second-order valence-electron chi connectivity index (χ2n) is 9.20. The molecule has 3 heterocycles. The molecule has 34 heavy (non-hydrogen) atoms. The van der Waals surface area contributed by atoms with E-state index in [-0.39, 0.29) is 5.41 Å². The largest absolute Gasteiger partial charge is 0.636 e. The molecule has 0 bridgehead atoms. The molecule has 0 unspecified atom stereocenters. The van der Waals surface area contributed by atoms with Gasteiger partial charge in [-0.2, -0.15) is 0 Å². The Morgan fingerprint density at radius 1 is 0.500 bits per heavy atom. The second-order valence-corrected chi connectivity index (χ2v) is 9.20. The Balaban J connectivity index is 1.32. The van der Waals surface area contributed by atoms with E-state index in [0.29, 0.717) is 0 Å². The minimum absolute atomic E-state index is 0.314. The van der Waals surface area contributed by atoms with Gasteiger partial charge in [0.05, 0.1) is 10.9 Å². The van der Waals surface area contributed by atoms with Crippen LogP contribution in [0.5, 0.6) is 34.5 Å². The number of para-hydroxylation sites is 6. The third kappa shape index (κ3) is 2.76. The van der Waals surface area contributed by atoms with Crippen LogP contribution >= 0.6 is 0 Å². The van der Waals surface area contributed by atoms with Gasteiger partial charge in [0.1, 0.15) is 34.5 Å². The first-order chi connectivity index (χ1) is 16.6. The Morgan fingerprint density at radius 2 is 0.882 bits per heavy atom. The maximum atomic E-state index is 6.68. The minimum Gasteiger partial charge on any atom is -0.519 e. The van der Waals surface area contributed by atoms with Crippen LogP contribution in [0.3, 0.4) is 0 Å². The summed E-state index contributed by atoms with van der Waals surface area (Å²) < 4.78 is 31.2. The summed E-state index contributed by atoms with van der Waals surface area (Å²) in [6.07, 6.45) is 0. The van der Waals surface area contributed by atoms with Crippen LogP contribution in [-0.2, 0) is 5.41 Å². The molecule has 0 aromatic heterocycles. The summed E-state index contributed by atoms with van der Waals surface area (Å²) in [5, 5.41) is 0. The van der Waals surface area contributed by atoms with Gasteiger partial charge < -0.3 is 23.4 Å². The van der Waals surface area contributed by atoms with Gasteiger partial charge in [0.15, 0.2) is 0 Å². The van der Waals surface area contributed by atoms with Crippen LogP contribution in [0.4, 0.5) is 0 Å². The van der Waals surface area contributed by atoms with Crippen LogP contribution in [0.15, 0.2) is 84.9 Å². The SMILES string of the molecule is CC1(C)c2cccc(B3Oc4ccccc4O3)c2Oc2c(B3Oc4ccccc4O3)cccc21. The molecule has 4 aromatic carbocycles. The number of rotatable bonds is 2. The van der Waals surface area contributed by atoms with Crippen LogP contribution < -0.4 is 34.3 Å². The monoisotopic (exact) mass is 446 g/mol. The molecule has 0 saturated carbocycles. The van der Waals surface area contributed by atoms with Gasteiger partial charge in [-0.05, 0) is 24.3 Å². The van der Waals surface area contributed by atoms with Crippen molar-refractivity contribution in [1.29, 1.82) is 0 Å². The molecule has 0 saturated heterocycles. The smallest absolute Gasteiger partial charge is 0.519 e. The average Bonchev–Trinajstić information content (AvgIpc) is 3.48. The standard InChI is InChI=1S/C27H20B2O5/c1-27(2)17-9-7-11-19(28-31-21-13-3-4-14-22(21)32-28)25(17)30-26-18(27)10-8-12-20(26)29-33-23-15-5-6-16-24(23)34-29/h3-16H,1-2H3. The highest BCUT2D eigenvalue weighted by Crippen LogP contribution is 2.47. The quantitative estimate of drug-likeness (QED) is 0.426. The van der Waals surface area contributed by atoms with Crippen LogP contribution in [-0.4, -0.2) is 14.2 Å². The minimum atomic E-state index is -0.583. The zero-order valence-corrected chi connectivity index (χ0v) is 18.8. The van der Waals surface area contributed by atoms with Crippen molar-refractivity contribution >= 4 is 25.2 Å². The van der Waals surface area contributed by atoms with Gasteiger partial charge in [-0.15, -0.1) is 0 Å². The van der Waals surface area contributed by atoms with Gasteiger partial charge in [0, 0.05) is 16.5 Å². The van der Waals surface area contributed by atoms with E-state index in [4.69, 9.17) is 23.4 Å². The van der Waals surface area contributed by atoms with E-state index in [2.05, 4.69) is 26.0 Å². The fraction of sp³-hybridized carbons (Fsp3) is 0.111. The summed E-state index contributed by atoms with van der Waals surface area (Å²) in [5.41, 5.74) is 3.53. The van der Waals surface area contributed by atoms with Crippen LogP contribution in [0.25, 0.3) is 0 Å². The lowest BCUT2D eigenvalue weighted by Gasteiger charge is -2.36. The van der Waals surface area contributed by atoms with Gasteiger partial charge >= 0.3 is 14.2 Å². The van der Waals surface area contributed by atoms with Crippen molar-refractivity contribution in [1.82, 2.24) is 0 Å². The maximum Gasteiger partial charge on any atom is 0.636 e. The predicted octanol–water partition coefficient (Wildman–Crippen LogP) is 4.45. The zero-order chi connectivity index (χ0) is 22.9. The van der Waals surface area contributed by atoms with E-state index < -0.39 is 14.2 Å². The topological polar surface area (TPSA) is 46.2 Å². The summed E-state index contributed by atoms with van der Waals surface area (Å²) >= 11 is 0. The lowest BCUT2D eigenvalue weighted by molar-refractivity contribution is 0.418. The van der Waals surface area contributed by atoms with Gasteiger partial charge in [-0.1, -0.05) is 74.5 Å². The second kappa shape index (κ2) is 7.00. The van der Waals surface area contributed by atoms with Gasteiger partial charge in [-0.25, -0.2) is 0 Å². The van der Waals surface area contributed by atoms with Crippen LogP contribution in [0, 0.1) is 0 Å². The van der Waals surface area contributed by atoms with E-state index in [1.165, 1.54) is 0 Å². The number of benzene rings is 4. The van der Waals surface area contributed by atoms with E-state index in [1.54, 1.807) is 0 Å². The molecule has 3 aliphatic heterocycles. The summed E-state index contributed by atoms with van der Waals surface area (Å²) in [6.45, 7) is 4.41. The molecular weight excluding hydrogens is 426 g/mol. The van der Waals surface area contributed by atoms with Crippen molar-refractivity contribution in [3.05, 3.63) is 96.1 Å². The number of fused-ring (bicyclic) bond motifs is 4. The first kappa shape index (κ1) is 19.5. The summed E-state index contributed by atoms with van der Waals surface area (Å²) in [5.74, 6) is 4.42. The molecule has 7 rings (SSSR count). The fourth-order valence-electron chi connectivity index (χ4n) is 4.99. The van der Waals surface area contributed by atoms with Crippen LogP contribution in [0.1, 0.15) is 25.0 Å². The van der Waals surface area contributed by atoms with Gasteiger partial charge in [-0.3, -0.25) is 0 Å². The Hall–Kier alpha value is -3.99. The molecule has 0 spiro atoms. The molecule has 164 valence electrons. The predicted molar refractivity (Wildman–Crippen MR) is 131 cm³/mol. The molecule has 5 nitrogen and oxygen atoms in total. The first-order valence-electron chi connectivity index (χ1n) is 11.4. The van der Waals surface area contributed by atoms with E-state index >= 15 is 0 Å². The molecule has 4 aromatic rings. The number of ether oxygens (including phenoxy) is 1. The van der Waals surface area contributed by atoms with E-state index in [0.717, 1.165) is 56.5 Å². The van der Waals surface area contributed by atoms with Crippen molar-refractivity contribution in [2.24, 2.45) is 0 Å². The molecule has 0 atom stereocenters. The van der Waals surface area contributed by atoms with Gasteiger partial charge in [0.25, 0.3) is 0 Å². The zero-order valence-electron chi connectivity index (χ0n) is 18.8. The van der Waals surface area contributed by atoms with Crippen molar-refractivity contribution in [3.8, 4) is 34.5 Å². The Morgan fingerprint density at radius 3 is 1.26 bits per heavy atom. The molecule has 0 radical (unpaired) electrons. The molecular formula is C27H20B2O5. The van der Waals surface area contributed by atoms with E-state index in [9.17, 15) is 0 Å². The highest BCUT2D eigenvalue weighted by atomic mass is 16.6. The third-order valence-electron chi connectivity index (χ3n) is 6.78. The summed E-state index contributed by atoms with van der Waals surface area (Å²) in [6, 6.07) is 27.7. The lowest BCUT2D eigenvalue weighted by atomic mass is 9.67. The maximum absolute atomic E-state index is 6.68. The Bertz CT molecular complexity index is 1290. The lowest BCUT2D eigenvalue weighted by Crippen LogP contribution is -2.44. The molecule has 0 aliphatic carbocycles. The van der Waals surface area contributed by atoms with E-state index in [1.807, 2.05) is 72.8 Å². The first-order valence-corrected chi connectivity index (χ1v) is 11.4. The fourth-order valence-corrected chi connectivity index (χ4v) is 4.99. The van der Waals surface area contributed by atoms with Crippen LogP contribution in [0.2, 0.25) is 0 Å². The van der Waals surface area contributed by atoms with Crippen molar-refractivity contribution < 1.29 is 23.4 Å². The number of hydrogen-bond donors (Lipinski definition) is 0. The number of hydrogen-bond acceptors (Lipinski definition) is 5. The van der Waals surface area contributed by atoms with Crippen molar-refractivity contribution in [3.63, 3.8) is 0 Å². The summed E-state index contributed by atoms with van der Waals surface area (Å²) in [7, 11) is -1.17. The van der Waals surface area contributed by atoms with Crippen molar-refractivity contribution in [2.75, 3.05) is 0 Å². The summed E-state index contributed by atoms with van der Waals surface area (Å²) in [4.78, 5) is 0. The Kier molecular flexibility index (Phi) is 4.01.